The van der Waals surface area contributed by atoms with Crippen LogP contribution in [-0.2, 0) is 6.18 Å². The summed E-state index contributed by atoms with van der Waals surface area (Å²) in [7, 11) is 0. The van der Waals surface area contributed by atoms with Crippen LogP contribution in [0, 0.1) is 0 Å². The Kier molecular flexibility index (Phi) is 3.71. The van der Waals surface area contributed by atoms with E-state index < -0.39 is 30.4 Å². The number of nitrogens with two attached hydrogens (primary N) is 1. The van der Waals surface area contributed by atoms with Crippen molar-refractivity contribution in [2.75, 3.05) is 0 Å². The van der Waals surface area contributed by atoms with Gasteiger partial charge in [0.2, 0.25) is 0 Å². The van der Waals surface area contributed by atoms with E-state index >= 15 is 0 Å². The molecule has 1 nitrogen and oxygen atoms in total. The lowest BCUT2D eigenvalue weighted by molar-refractivity contribution is -0.139. The summed E-state index contributed by atoms with van der Waals surface area (Å²) < 4.78 is 72.5. The first-order valence-electron chi connectivity index (χ1n) is 4.59. The molecule has 0 unspecified atom stereocenters. The maximum atomic E-state index is 12.2. The second-order valence-electron chi connectivity index (χ2n) is 3.55. The van der Waals surface area contributed by atoms with Gasteiger partial charge in [-0.3, -0.25) is 0 Å². The Morgan fingerprint density at radius 1 is 0.941 bits per heavy atom. The van der Waals surface area contributed by atoms with Crippen LogP contribution in [0.3, 0.4) is 0 Å². The molecule has 0 bridgehead atoms. The predicted molar refractivity (Wildman–Crippen MR) is 49.0 cm³/mol. The lowest BCUT2D eigenvalue weighted by atomic mass is 10.0. The van der Waals surface area contributed by atoms with Gasteiger partial charge in [0.15, 0.2) is 0 Å². The topological polar surface area (TPSA) is 26.0 Å². The van der Waals surface area contributed by atoms with Crippen LogP contribution in [0.5, 0.6) is 0 Å². The standard InChI is InChI=1S/C10H9F6N/c11-9(12,13)5-8(17)6-1-3-7(4-2-6)10(14,15)16/h1-4,8H,5,17H2/t8-/m0/s1. The smallest absolute Gasteiger partial charge is 0.324 e. The zero-order valence-corrected chi connectivity index (χ0v) is 8.44. The summed E-state index contributed by atoms with van der Waals surface area (Å²) in [5.74, 6) is 0. The normalized spacial score (nSPS) is 14.8. The summed E-state index contributed by atoms with van der Waals surface area (Å²) in [5.41, 5.74) is 4.35. The molecule has 96 valence electrons. The van der Waals surface area contributed by atoms with Crippen LogP contribution in [0.15, 0.2) is 24.3 Å². The van der Waals surface area contributed by atoms with E-state index in [9.17, 15) is 26.3 Å². The molecule has 0 heterocycles. The fourth-order valence-electron chi connectivity index (χ4n) is 1.29. The third kappa shape index (κ3) is 4.26. The van der Waals surface area contributed by atoms with Crippen LogP contribution in [0.25, 0.3) is 0 Å². The minimum atomic E-state index is -4.51. The summed E-state index contributed by atoms with van der Waals surface area (Å²) in [6.07, 6.45) is -10.2. The summed E-state index contributed by atoms with van der Waals surface area (Å²) in [6.45, 7) is 0. The molecule has 1 atom stereocenters. The average molecular weight is 257 g/mol. The van der Waals surface area contributed by atoms with Gasteiger partial charge in [0.05, 0.1) is 12.0 Å². The molecule has 0 aliphatic carbocycles. The maximum absolute atomic E-state index is 12.2. The quantitative estimate of drug-likeness (QED) is 0.804. The van der Waals surface area contributed by atoms with Gasteiger partial charge in [-0.15, -0.1) is 0 Å². The molecule has 7 heteroatoms. The van der Waals surface area contributed by atoms with Crippen molar-refractivity contribution in [2.45, 2.75) is 24.8 Å². The zero-order valence-electron chi connectivity index (χ0n) is 8.44. The third-order valence-corrected chi connectivity index (χ3v) is 2.12. The molecule has 1 rings (SSSR count). The fraction of sp³-hybridized carbons (Fsp3) is 0.400. The lowest BCUT2D eigenvalue weighted by Gasteiger charge is -2.15. The Morgan fingerprint density at radius 2 is 1.41 bits per heavy atom. The highest BCUT2D eigenvalue weighted by Gasteiger charge is 2.32. The Morgan fingerprint density at radius 3 is 1.76 bits per heavy atom. The third-order valence-electron chi connectivity index (χ3n) is 2.12. The van der Waals surface area contributed by atoms with Crippen molar-refractivity contribution in [3.63, 3.8) is 0 Å². The van der Waals surface area contributed by atoms with Gasteiger partial charge in [0.1, 0.15) is 0 Å². The van der Waals surface area contributed by atoms with Crippen LogP contribution in [0.1, 0.15) is 23.6 Å². The van der Waals surface area contributed by atoms with E-state index in [2.05, 4.69) is 0 Å². The summed E-state index contributed by atoms with van der Waals surface area (Å²) >= 11 is 0. The molecule has 2 N–H and O–H groups in total. The molecule has 0 fully saturated rings. The first-order valence-corrected chi connectivity index (χ1v) is 4.59. The number of alkyl halides is 6. The SMILES string of the molecule is N[C@@H](CC(F)(F)F)c1ccc(C(F)(F)F)cc1. The monoisotopic (exact) mass is 257 g/mol. The molecule has 0 aromatic heterocycles. The van der Waals surface area contributed by atoms with Crippen molar-refractivity contribution in [3.8, 4) is 0 Å². The predicted octanol–water partition coefficient (Wildman–Crippen LogP) is 3.66. The van der Waals surface area contributed by atoms with Gasteiger partial charge >= 0.3 is 12.4 Å². The van der Waals surface area contributed by atoms with Crippen molar-refractivity contribution >= 4 is 0 Å². The molecule has 1 aromatic rings. The summed E-state index contributed by atoms with van der Waals surface area (Å²) in [5, 5.41) is 0. The van der Waals surface area contributed by atoms with E-state index in [0.29, 0.717) is 12.1 Å². The van der Waals surface area contributed by atoms with Gasteiger partial charge in [-0.05, 0) is 17.7 Å². The van der Waals surface area contributed by atoms with E-state index in [0.717, 1.165) is 12.1 Å². The first kappa shape index (κ1) is 13.8. The Hall–Kier alpha value is -1.24. The van der Waals surface area contributed by atoms with E-state index in [-0.39, 0.29) is 5.56 Å². The van der Waals surface area contributed by atoms with Crippen molar-refractivity contribution < 1.29 is 26.3 Å². The number of hydrogen-bond acceptors (Lipinski definition) is 1. The van der Waals surface area contributed by atoms with Crippen molar-refractivity contribution in [1.82, 2.24) is 0 Å². The van der Waals surface area contributed by atoms with Gasteiger partial charge in [-0.2, -0.15) is 26.3 Å². The number of halogens is 6. The molecule has 0 radical (unpaired) electrons. The number of rotatable bonds is 2. The Labute approximate surface area is 93.2 Å². The van der Waals surface area contributed by atoms with Crippen LogP contribution >= 0.6 is 0 Å². The molecule has 0 aliphatic heterocycles. The average Bonchev–Trinajstić information content (AvgIpc) is 2.14. The highest BCUT2D eigenvalue weighted by Crippen LogP contribution is 2.31. The number of benzene rings is 1. The van der Waals surface area contributed by atoms with Crippen LogP contribution < -0.4 is 5.73 Å². The van der Waals surface area contributed by atoms with Gasteiger partial charge in [-0.1, -0.05) is 12.1 Å². The minimum absolute atomic E-state index is 0.0234. The summed E-state index contributed by atoms with van der Waals surface area (Å²) in [6, 6.07) is 1.99. The molecule has 17 heavy (non-hydrogen) atoms. The summed E-state index contributed by atoms with van der Waals surface area (Å²) in [4.78, 5) is 0. The van der Waals surface area contributed by atoms with Gasteiger partial charge in [0, 0.05) is 6.04 Å². The number of hydrogen-bond donors (Lipinski definition) is 1. The van der Waals surface area contributed by atoms with Crippen LogP contribution in [0.2, 0.25) is 0 Å². The molecule has 0 amide bonds. The highest BCUT2D eigenvalue weighted by atomic mass is 19.4. The molecule has 0 spiro atoms. The van der Waals surface area contributed by atoms with Crippen molar-refractivity contribution in [1.29, 1.82) is 0 Å². The van der Waals surface area contributed by atoms with Gasteiger partial charge in [-0.25, -0.2) is 0 Å². The van der Waals surface area contributed by atoms with Crippen LogP contribution in [-0.4, -0.2) is 6.18 Å². The van der Waals surface area contributed by atoms with E-state index in [4.69, 9.17) is 5.73 Å². The molecular formula is C10H9F6N. The molecular weight excluding hydrogens is 248 g/mol. The maximum Gasteiger partial charge on any atom is 0.416 e. The van der Waals surface area contributed by atoms with Crippen molar-refractivity contribution in [2.24, 2.45) is 5.73 Å². The fourth-order valence-corrected chi connectivity index (χ4v) is 1.29. The molecule has 1 aromatic carbocycles. The Balaban J connectivity index is 2.81. The van der Waals surface area contributed by atoms with Crippen LogP contribution in [0.4, 0.5) is 26.3 Å². The molecule has 0 saturated heterocycles. The molecule has 0 aliphatic rings. The second kappa shape index (κ2) is 4.56. The van der Waals surface area contributed by atoms with Crippen molar-refractivity contribution in [3.05, 3.63) is 35.4 Å². The van der Waals surface area contributed by atoms with Gasteiger partial charge < -0.3 is 5.73 Å². The Bertz CT molecular complexity index is 364. The largest absolute Gasteiger partial charge is 0.416 e. The van der Waals surface area contributed by atoms with E-state index in [1.54, 1.807) is 0 Å². The zero-order chi connectivity index (χ0) is 13.3. The minimum Gasteiger partial charge on any atom is -0.324 e. The second-order valence-corrected chi connectivity index (χ2v) is 3.55. The lowest BCUT2D eigenvalue weighted by Crippen LogP contribution is -2.20. The van der Waals surface area contributed by atoms with E-state index in [1.165, 1.54) is 0 Å². The van der Waals surface area contributed by atoms with Gasteiger partial charge in [0.25, 0.3) is 0 Å². The molecule has 0 saturated carbocycles. The highest BCUT2D eigenvalue weighted by molar-refractivity contribution is 5.26. The van der Waals surface area contributed by atoms with E-state index in [1.807, 2.05) is 0 Å². The first-order chi connectivity index (χ1) is 7.59.